The van der Waals surface area contributed by atoms with E-state index in [4.69, 9.17) is 0 Å². The molecule has 0 aromatic heterocycles. The molecule has 0 aromatic rings. The van der Waals surface area contributed by atoms with E-state index in [2.05, 4.69) is 45.4 Å². The monoisotopic (exact) mass is 374 g/mol. The van der Waals surface area contributed by atoms with Crippen molar-refractivity contribution in [2.45, 2.75) is 68.6 Å². The zero-order chi connectivity index (χ0) is 10.6. The predicted molar refractivity (Wildman–Crippen MR) is 78.8 cm³/mol. The highest BCUT2D eigenvalue weighted by atomic mass is 127. The van der Waals surface area contributed by atoms with Gasteiger partial charge in [-0.25, -0.2) is 0 Å². The first-order chi connectivity index (χ1) is 6.81. The molecule has 86 valence electrons. The van der Waals surface area contributed by atoms with Crippen LogP contribution in [0.25, 0.3) is 0 Å². The van der Waals surface area contributed by atoms with Crippen LogP contribution in [0, 0.1) is 0 Å². The van der Waals surface area contributed by atoms with E-state index in [-0.39, 0.29) is 0 Å². The molecule has 0 aromatic carbocycles. The van der Waals surface area contributed by atoms with E-state index >= 15 is 0 Å². The number of rotatable bonds is 10. The molecule has 0 radical (unpaired) electrons. The van der Waals surface area contributed by atoms with Crippen molar-refractivity contribution in [1.82, 2.24) is 0 Å². The normalized spacial score (nSPS) is 13.1. The smallest absolute Gasteiger partial charge is 0.0118 e. The van der Waals surface area contributed by atoms with E-state index in [1.807, 2.05) is 0 Å². The molecule has 0 aliphatic heterocycles. The van der Waals surface area contributed by atoms with Gasteiger partial charge >= 0.3 is 0 Å². The van der Waals surface area contributed by atoms with Crippen molar-refractivity contribution in [3.05, 3.63) is 0 Å². The maximum Gasteiger partial charge on any atom is 0.0118 e. The highest BCUT2D eigenvalue weighted by Gasteiger charge is 2.01. The highest BCUT2D eigenvalue weighted by molar-refractivity contribution is 14.1. The van der Waals surface area contributed by atoms with Crippen molar-refractivity contribution < 1.29 is 0 Å². The molecule has 14 heavy (non-hydrogen) atoms. The van der Waals surface area contributed by atoms with Gasteiger partial charge in [0.2, 0.25) is 0 Å². The summed E-state index contributed by atoms with van der Waals surface area (Å²) in [4.78, 5) is 0. The number of halogens is 2. The molecular weight excluding hydrogens is 351 g/mol. The first-order valence-electron chi connectivity index (χ1n) is 6.01. The average molecular weight is 375 g/mol. The van der Waals surface area contributed by atoms with E-state index in [0.717, 1.165) is 9.25 Å². The summed E-state index contributed by atoms with van der Waals surface area (Å²) in [5, 5.41) is 1.16. The minimum atomic E-state index is 0.891. The molecule has 1 atom stereocenters. The van der Waals surface area contributed by atoms with Crippen molar-refractivity contribution in [1.29, 1.82) is 0 Å². The third-order valence-corrected chi connectivity index (χ3v) is 4.25. The number of hydrogen-bond donors (Lipinski definition) is 0. The Morgan fingerprint density at radius 3 is 2.07 bits per heavy atom. The van der Waals surface area contributed by atoms with Gasteiger partial charge in [-0.2, -0.15) is 0 Å². The second-order valence-corrected chi connectivity index (χ2v) is 6.54. The lowest BCUT2D eigenvalue weighted by molar-refractivity contribution is 0.571. The Morgan fingerprint density at radius 1 is 0.929 bits per heavy atom. The summed E-state index contributed by atoms with van der Waals surface area (Å²) in [7, 11) is 0. The van der Waals surface area contributed by atoms with Crippen LogP contribution in [0.2, 0.25) is 0 Å². The van der Waals surface area contributed by atoms with E-state index in [0.29, 0.717) is 0 Å². The SMILES string of the molecule is CCCCCCCCCC(I)CCBr. The highest BCUT2D eigenvalue weighted by Crippen LogP contribution is 2.17. The summed E-state index contributed by atoms with van der Waals surface area (Å²) in [6, 6.07) is 0. The van der Waals surface area contributed by atoms with Gasteiger partial charge in [-0.1, -0.05) is 90.4 Å². The Kier molecular flexibility index (Phi) is 13.3. The Hall–Kier alpha value is 1.21. The summed E-state index contributed by atoms with van der Waals surface area (Å²) in [5.41, 5.74) is 0. The Morgan fingerprint density at radius 2 is 1.50 bits per heavy atom. The molecule has 0 aliphatic rings. The van der Waals surface area contributed by atoms with Gasteiger partial charge in [0.05, 0.1) is 0 Å². The van der Waals surface area contributed by atoms with Crippen molar-refractivity contribution in [3.8, 4) is 0 Å². The lowest BCUT2D eigenvalue weighted by atomic mass is 10.1. The van der Waals surface area contributed by atoms with Gasteiger partial charge < -0.3 is 0 Å². The molecule has 0 aliphatic carbocycles. The summed E-state index contributed by atoms with van der Waals surface area (Å²) < 4.78 is 0.891. The molecule has 0 heterocycles. The van der Waals surface area contributed by atoms with Gasteiger partial charge in [0.1, 0.15) is 0 Å². The third-order valence-electron chi connectivity index (χ3n) is 2.54. The van der Waals surface area contributed by atoms with E-state index < -0.39 is 0 Å². The van der Waals surface area contributed by atoms with Crippen LogP contribution in [-0.4, -0.2) is 9.25 Å². The molecule has 0 bridgehead atoms. The van der Waals surface area contributed by atoms with Gasteiger partial charge in [0.15, 0.2) is 0 Å². The lowest BCUT2D eigenvalue weighted by Crippen LogP contribution is -1.97. The maximum atomic E-state index is 3.50. The third kappa shape index (κ3) is 11.3. The quantitative estimate of drug-likeness (QED) is 0.261. The molecule has 0 nitrogen and oxygen atoms in total. The van der Waals surface area contributed by atoms with E-state index in [9.17, 15) is 0 Å². The first kappa shape index (κ1) is 15.2. The molecule has 0 rings (SSSR count). The predicted octanol–water partition coefficient (Wildman–Crippen LogP) is 5.72. The summed E-state index contributed by atoms with van der Waals surface area (Å²) in [6.45, 7) is 2.28. The van der Waals surface area contributed by atoms with Crippen molar-refractivity contribution in [2.24, 2.45) is 0 Å². The van der Waals surface area contributed by atoms with Crippen molar-refractivity contribution in [3.63, 3.8) is 0 Å². The van der Waals surface area contributed by atoms with Crippen molar-refractivity contribution in [2.75, 3.05) is 5.33 Å². The molecule has 0 N–H and O–H groups in total. The number of hydrogen-bond acceptors (Lipinski definition) is 0. The average Bonchev–Trinajstić information content (AvgIpc) is 2.17. The van der Waals surface area contributed by atoms with Gasteiger partial charge in [-0.05, 0) is 12.8 Å². The molecule has 1 unspecified atom stereocenters. The van der Waals surface area contributed by atoms with Crippen molar-refractivity contribution >= 4 is 38.5 Å². The van der Waals surface area contributed by atoms with E-state index in [1.165, 1.54) is 57.8 Å². The molecule has 0 saturated carbocycles. The second kappa shape index (κ2) is 12.3. The summed E-state index contributed by atoms with van der Waals surface area (Å²) in [5.74, 6) is 0. The van der Waals surface area contributed by atoms with Crippen LogP contribution in [0.4, 0.5) is 0 Å². The Balaban J connectivity index is 2.98. The number of unbranched alkanes of at least 4 members (excludes halogenated alkanes) is 6. The maximum absolute atomic E-state index is 3.50. The van der Waals surface area contributed by atoms with Crippen LogP contribution < -0.4 is 0 Å². The molecule has 0 spiro atoms. The van der Waals surface area contributed by atoms with Gasteiger partial charge in [-0.3, -0.25) is 0 Å². The zero-order valence-corrected chi connectivity index (χ0v) is 13.1. The van der Waals surface area contributed by atoms with Crippen LogP contribution in [0.15, 0.2) is 0 Å². The van der Waals surface area contributed by atoms with Crippen LogP contribution in [0.1, 0.15) is 64.7 Å². The van der Waals surface area contributed by atoms with Crippen LogP contribution in [-0.2, 0) is 0 Å². The Labute approximate surface area is 112 Å². The molecule has 0 fully saturated rings. The topological polar surface area (TPSA) is 0 Å². The fourth-order valence-electron chi connectivity index (χ4n) is 1.59. The standard InChI is InChI=1S/C12H24BrI/c1-2-3-4-5-6-7-8-9-12(14)10-11-13/h12H,2-11H2,1H3. The summed E-state index contributed by atoms with van der Waals surface area (Å²) in [6.07, 6.45) is 12.8. The first-order valence-corrected chi connectivity index (χ1v) is 8.38. The van der Waals surface area contributed by atoms with Gasteiger partial charge in [0.25, 0.3) is 0 Å². The largest absolute Gasteiger partial charge is 0.0928 e. The van der Waals surface area contributed by atoms with Crippen LogP contribution in [0.3, 0.4) is 0 Å². The van der Waals surface area contributed by atoms with Gasteiger partial charge in [0, 0.05) is 9.25 Å². The fourth-order valence-corrected chi connectivity index (χ4v) is 3.75. The van der Waals surface area contributed by atoms with Crippen LogP contribution >= 0.6 is 38.5 Å². The second-order valence-electron chi connectivity index (χ2n) is 3.98. The number of alkyl halides is 2. The molecular formula is C12H24BrI. The zero-order valence-electron chi connectivity index (χ0n) is 9.40. The summed E-state index contributed by atoms with van der Waals surface area (Å²) >= 11 is 6.08. The fraction of sp³-hybridized carbons (Fsp3) is 1.00. The molecule has 0 saturated heterocycles. The van der Waals surface area contributed by atoms with Crippen LogP contribution in [0.5, 0.6) is 0 Å². The molecule has 2 heteroatoms. The minimum Gasteiger partial charge on any atom is -0.0928 e. The van der Waals surface area contributed by atoms with E-state index in [1.54, 1.807) is 0 Å². The molecule has 0 amide bonds. The minimum absolute atomic E-state index is 0.891. The Bertz CT molecular complexity index is 106. The van der Waals surface area contributed by atoms with Gasteiger partial charge in [-0.15, -0.1) is 0 Å². The lowest BCUT2D eigenvalue weighted by Gasteiger charge is -2.07.